The summed E-state index contributed by atoms with van der Waals surface area (Å²) in [4.78, 5) is 12.3. The Kier molecular flexibility index (Phi) is 6.15. The second kappa shape index (κ2) is 8.57. The summed E-state index contributed by atoms with van der Waals surface area (Å²) in [6.07, 6.45) is 8.25. The normalized spacial score (nSPS) is 19.8. The number of anilines is 2. The quantitative estimate of drug-likeness (QED) is 0.712. The molecule has 8 heteroatoms. The lowest BCUT2D eigenvalue weighted by atomic mass is 9.87. The predicted molar refractivity (Wildman–Crippen MR) is 109 cm³/mol. The minimum Gasteiger partial charge on any atom is -0.477 e. The molecular weight excluding hydrogens is 354 g/mol. The van der Waals surface area contributed by atoms with Crippen LogP contribution in [0.2, 0.25) is 0 Å². The molecular formula is C20H29N7O. The second-order valence-electron chi connectivity index (χ2n) is 7.84. The van der Waals surface area contributed by atoms with Crippen LogP contribution in [-0.2, 0) is 5.66 Å². The Morgan fingerprint density at radius 3 is 2.75 bits per heavy atom. The highest BCUT2D eigenvalue weighted by atomic mass is 16.5. The third kappa shape index (κ3) is 4.78. The molecule has 0 aromatic carbocycles. The van der Waals surface area contributed by atoms with E-state index in [4.69, 9.17) is 11.3 Å². The molecule has 0 atom stereocenters. The van der Waals surface area contributed by atoms with Gasteiger partial charge in [0.25, 0.3) is 0 Å². The number of rotatable bonds is 7. The Balaban J connectivity index is 1.60. The molecule has 2 aromatic heterocycles. The molecule has 0 saturated heterocycles. The van der Waals surface area contributed by atoms with E-state index in [9.17, 15) is 0 Å². The molecule has 2 N–H and O–H groups in total. The fourth-order valence-corrected chi connectivity index (χ4v) is 3.34. The van der Waals surface area contributed by atoms with E-state index in [1.807, 2.05) is 34.0 Å². The van der Waals surface area contributed by atoms with Crippen molar-refractivity contribution < 1.29 is 4.74 Å². The van der Waals surface area contributed by atoms with Gasteiger partial charge in [0.05, 0.1) is 24.2 Å². The molecule has 0 aliphatic heterocycles. The summed E-state index contributed by atoms with van der Waals surface area (Å²) in [5, 5.41) is 11.0. The highest BCUT2D eigenvalue weighted by Gasteiger charge is 2.27. The number of ether oxygens (including phenoxy) is 1. The van der Waals surface area contributed by atoms with Crippen molar-refractivity contribution in [3.8, 4) is 5.88 Å². The first kappa shape index (κ1) is 20.1. The number of nitrogens with zero attached hydrogens (tertiary/aromatic N) is 5. The molecule has 1 saturated carbocycles. The van der Waals surface area contributed by atoms with Crippen LogP contribution in [0.3, 0.4) is 0 Å². The van der Waals surface area contributed by atoms with Crippen LogP contribution in [0.25, 0.3) is 4.85 Å². The lowest BCUT2D eigenvalue weighted by Crippen LogP contribution is -2.31. The highest BCUT2D eigenvalue weighted by molar-refractivity contribution is 5.55. The van der Waals surface area contributed by atoms with Crippen LogP contribution in [0.15, 0.2) is 18.5 Å². The van der Waals surface area contributed by atoms with Gasteiger partial charge in [-0.1, -0.05) is 0 Å². The molecule has 1 fully saturated rings. The third-order valence-corrected chi connectivity index (χ3v) is 5.33. The molecule has 2 heterocycles. The van der Waals surface area contributed by atoms with Crippen molar-refractivity contribution in [3.63, 3.8) is 0 Å². The van der Waals surface area contributed by atoms with E-state index in [-0.39, 0.29) is 0 Å². The predicted octanol–water partition coefficient (Wildman–Crippen LogP) is 3.49. The number of nitrogens with one attached hydrogen (secondary N) is 2. The zero-order valence-electron chi connectivity index (χ0n) is 17.1. The SMILES string of the molecule is [C-]#[N+]C(C)(C)n1cc(Nc2nccc(OCC3CCC(NC)CC3)n2)c(C)n1. The van der Waals surface area contributed by atoms with E-state index >= 15 is 0 Å². The van der Waals surface area contributed by atoms with E-state index in [2.05, 4.69) is 30.5 Å². The topological polar surface area (TPSA) is 81.2 Å². The first-order valence-electron chi connectivity index (χ1n) is 9.77. The summed E-state index contributed by atoms with van der Waals surface area (Å²) >= 11 is 0. The third-order valence-electron chi connectivity index (χ3n) is 5.33. The van der Waals surface area contributed by atoms with E-state index < -0.39 is 5.66 Å². The van der Waals surface area contributed by atoms with Gasteiger partial charge < -0.3 is 15.4 Å². The van der Waals surface area contributed by atoms with Crippen molar-refractivity contribution >= 4 is 11.6 Å². The van der Waals surface area contributed by atoms with E-state index in [1.165, 1.54) is 25.7 Å². The van der Waals surface area contributed by atoms with Crippen LogP contribution in [0.1, 0.15) is 45.2 Å². The van der Waals surface area contributed by atoms with Gasteiger partial charge in [0, 0.05) is 32.2 Å². The van der Waals surface area contributed by atoms with Gasteiger partial charge in [-0.25, -0.2) is 11.6 Å². The van der Waals surface area contributed by atoms with E-state index in [1.54, 1.807) is 16.9 Å². The van der Waals surface area contributed by atoms with Gasteiger partial charge >= 0.3 is 5.66 Å². The van der Waals surface area contributed by atoms with Crippen LogP contribution in [0.4, 0.5) is 11.6 Å². The molecule has 0 amide bonds. The summed E-state index contributed by atoms with van der Waals surface area (Å²) in [6.45, 7) is 13.5. The van der Waals surface area contributed by atoms with Crippen LogP contribution in [-0.4, -0.2) is 39.4 Å². The molecule has 28 heavy (non-hydrogen) atoms. The Hall–Kier alpha value is -2.66. The molecule has 1 aliphatic carbocycles. The Bertz CT molecular complexity index is 831. The van der Waals surface area contributed by atoms with Crippen LogP contribution >= 0.6 is 0 Å². The molecule has 2 aromatic rings. The van der Waals surface area contributed by atoms with Crippen molar-refractivity contribution in [1.82, 2.24) is 25.1 Å². The summed E-state index contributed by atoms with van der Waals surface area (Å²) in [5.41, 5.74) is 0.829. The van der Waals surface area contributed by atoms with Crippen molar-refractivity contribution in [2.45, 2.75) is 58.2 Å². The molecule has 8 nitrogen and oxygen atoms in total. The Morgan fingerprint density at radius 1 is 1.32 bits per heavy atom. The average Bonchev–Trinajstić information content (AvgIpc) is 3.08. The van der Waals surface area contributed by atoms with E-state index in [0.29, 0.717) is 30.4 Å². The van der Waals surface area contributed by atoms with Gasteiger partial charge in [0.1, 0.15) is 0 Å². The number of aryl methyl sites for hydroxylation is 1. The summed E-state index contributed by atoms with van der Waals surface area (Å²) < 4.78 is 7.58. The summed E-state index contributed by atoms with van der Waals surface area (Å²) in [7, 11) is 2.03. The fourth-order valence-electron chi connectivity index (χ4n) is 3.34. The van der Waals surface area contributed by atoms with Gasteiger partial charge in [-0.3, -0.25) is 4.85 Å². The number of aromatic nitrogens is 4. The van der Waals surface area contributed by atoms with Crippen molar-refractivity contribution in [2.24, 2.45) is 5.92 Å². The molecule has 0 bridgehead atoms. The maximum atomic E-state index is 7.32. The number of hydrogen-bond acceptors (Lipinski definition) is 6. The first-order chi connectivity index (χ1) is 13.4. The monoisotopic (exact) mass is 383 g/mol. The smallest absolute Gasteiger partial charge is 0.319 e. The molecule has 1 aliphatic rings. The lowest BCUT2D eigenvalue weighted by molar-refractivity contribution is 0.189. The van der Waals surface area contributed by atoms with Gasteiger partial charge in [-0.15, -0.1) is 0 Å². The molecule has 0 radical (unpaired) electrons. The maximum Gasteiger partial charge on any atom is 0.319 e. The Morgan fingerprint density at radius 2 is 2.07 bits per heavy atom. The molecule has 3 rings (SSSR count). The Labute approximate surface area is 166 Å². The van der Waals surface area contributed by atoms with Crippen LogP contribution < -0.4 is 15.4 Å². The zero-order chi connectivity index (χ0) is 20.1. The van der Waals surface area contributed by atoms with Crippen molar-refractivity contribution in [2.75, 3.05) is 19.0 Å². The lowest BCUT2D eigenvalue weighted by Gasteiger charge is -2.27. The minimum absolute atomic E-state index is 0.458. The zero-order valence-corrected chi connectivity index (χ0v) is 17.1. The largest absolute Gasteiger partial charge is 0.477 e. The van der Waals surface area contributed by atoms with Crippen LogP contribution in [0, 0.1) is 19.4 Å². The van der Waals surface area contributed by atoms with Crippen LogP contribution in [0.5, 0.6) is 5.88 Å². The number of hydrogen-bond donors (Lipinski definition) is 2. The van der Waals surface area contributed by atoms with Gasteiger partial charge in [0.15, 0.2) is 0 Å². The van der Waals surface area contributed by atoms with Gasteiger partial charge in [0.2, 0.25) is 11.8 Å². The summed E-state index contributed by atoms with van der Waals surface area (Å²) in [6, 6.07) is 2.42. The van der Waals surface area contributed by atoms with Gasteiger partial charge in [-0.2, -0.15) is 14.8 Å². The molecule has 0 unspecified atom stereocenters. The molecule has 150 valence electrons. The second-order valence-corrected chi connectivity index (χ2v) is 7.84. The van der Waals surface area contributed by atoms with E-state index in [0.717, 1.165) is 11.4 Å². The molecule has 0 spiro atoms. The maximum absolute atomic E-state index is 7.32. The van der Waals surface area contributed by atoms with Gasteiger partial charge in [-0.05, 0) is 45.6 Å². The van der Waals surface area contributed by atoms with Crippen molar-refractivity contribution in [1.29, 1.82) is 0 Å². The first-order valence-corrected chi connectivity index (χ1v) is 9.77. The highest BCUT2D eigenvalue weighted by Crippen LogP contribution is 2.26. The summed E-state index contributed by atoms with van der Waals surface area (Å²) in [5.74, 6) is 1.60. The standard InChI is InChI=1S/C20H29N7O/c1-14-17(12-27(26-14)20(2,3)22-5)24-19-23-11-10-18(25-19)28-13-15-6-8-16(21-4)9-7-15/h10-12,15-16,21H,6-9,13H2,1-4H3,(H,23,24,25). The van der Waals surface area contributed by atoms with Crippen molar-refractivity contribution in [3.05, 3.63) is 35.6 Å². The fraction of sp³-hybridized carbons (Fsp3) is 0.600. The minimum atomic E-state index is -0.733. The average molecular weight is 384 g/mol.